The molecule has 5 heteroatoms. The Bertz CT molecular complexity index is 472. The first-order chi connectivity index (χ1) is 9.29. The van der Waals surface area contributed by atoms with Gasteiger partial charge in [0.25, 0.3) is 0 Å². The van der Waals surface area contributed by atoms with Gasteiger partial charge in [-0.15, -0.1) is 0 Å². The zero-order chi connectivity index (χ0) is 13.2. The van der Waals surface area contributed by atoms with E-state index >= 15 is 0 Å². The van der Waals surface area contributed by atoms with Crippen LogP contribution in [0.25, 0.3) is 0 Å². The fraction of sp³-hybridized carbons (Fsp3) is 0.571. The van der Waals surface area contributed by atoms with Gasteiger partial charge >= 0.3 is 0 Å². The normalized spacial score (nSPS) is 21.5. The van der Waals surface area contributed by atoms with Gasteiger partial charge in [0.1, 0.15) is 10.2 Å². The summed E-state index contributed by atoms with van der Waals surface area (Å²) in [6.07, 6.45) is 4.75. The van der Waals surface area contributed by atoms with Crippen molar-refractivity contribution >= 4 is 15.9 Å². The lowest BCUT2D eigenvalue weighted by Crippen LogP contribution is -2.35. The highest BCUT2D eigenvalue weighted by Crippen LogP contribution is 2.47. The van der Waals surface area contributed by atoms with E-state index in [0.717, 1.165) is 40.3 Å². The molecule has 1 unspecified atom stereocenters. The molecule has 0 aliphatic carbocycles. The molecule has 19 heavy (non-hydrogen) atoms. The third-order valence-corrected chi connectivity index (χ3v) is 4.44. The molecule has 0 aromatic heterocycles. The Hall–Kier alpha value is -0.940. The van der Waals surface area contributed by atoms with Crippen LogP contribution in [-0.4, -0.2) is 26.5 Å². The fourth-order valence-electron chi connectivity index (χ4n) is 2.77. The lowest BCUT2D eigenvalue weighted by Gasteiger charge is -2.24. The van der Waals surface area contributed by atoms with Gasteiger partial charge < -0.3 is 19.5 Å². The average Bonchev–Trinajstić information content (AvgIpc) is 2.89. The molecule has 0 spiro atoms. The number of piperidine rings is 1. The Kier molecular flexibility index (Phi) is 3.84. The molecule has 2 aliphatic rings. The number of ether oxygens (including phenoxy) is 3. The summed E-state index contributed by atoms with van der Waals surface area (Å²) in [6, 6.07) is 2.57. The Morgan fingerprint density at radius 1 is 1.42 bits per heavy atom. The molecular weight excluding hydrogens is 310 g/mol. The maximum absolute atomic E-state index is 5.53. The van der Waals surface area contributed by atoms with Crippen LogP contribution in [0, 0.1) is 0 Å². The summed E-state index contributed by atoms with van der Waals surface area (Å²) in [5.74, 6) is 2.41. The number of fused-ring (bicyclic) bond motifs is 1. The third-order valence-electron chi connectivity index (χ3n) is 3.72. The highest BCUT2D eigenvalue weighted by atomic mass is 79.9. The van der Waals surface area contributed by atoms with Gasteiger partial charge in [-0.2, -0.15) is 0 Å². The molecule has 1 N–H and O–H groups in total. The molecule has 1 saturated heterocycles. The largest absolute Gasteiger partial charge is 0.495 e. The molecular formula is C14H18BrNO3. The number of methoxy groups -OCH3 is 1. The van der Waals surface area contributed by atoms with Crippen molar-refractivity contribution in [3.05, 3.63) is 16.1 Å². The Morgan fingerprint density at radius 3 is 3.05 bits per heavy atom. The molecule has 0 bridgehead atoms. The molecule has 0 saturated carbocycles. The van der Waals surface area contributed by atoms with Crippen molar-refractivity contribution in [1.29, 1.82) is 0 Å². The van der Waals surface area contributed by atoms with Crippen LogP contribution in [0.2, 0.25) is 0 Å². The quantitative estimate of drug-likeness (QED) is 0.926. The zero-order valence-electron chi connectivity index (χ0n) is 11.0. The molecule has 1 atom stereocenters. The van der Waals surface area contributed by atoms with Gasteiger partial charge in [0.15, 0.2) is 11.5 Å². The van der Waals surface area contributed by atoms with E-state index in [2.05, 4.69) is 21.2 Å². The monoisotopic (exact) mass is 327 g/mol. The van der Waals surface area contributed by atoms with Crippen molar-refractivity contribution in [1.82, 2.24) is 5.32 Å². The smallest absolute Gasteiger partial charge is 0.231 e. The lowest BCUT2D eigenvalue weighted by molar-refractivity contribution is 0.173. The van der Waals surface area contributed by atoms with Gasteiger partial charge in [-0.1, -0.05) is 6.42 Å². The Balaban J connectivity index is 1.89. The molecule has 0 radical (unpaired) electrons. The van der Waals surface area contributed by atoms with Crippen LogP contribution in [0.5, 0.6) is 17.2 Å². The first kappa shape index (κ1) is 13.1. The van der Waals surface area contributed by atoms with E-state index < -0.39 is 0 Å². The van der Waals surface area contributed by atoms with Gasteiger partial charge in [-0.25, -0.2) is 0 Å². The molecule has 1 aromatic carbocycles. The highest BCUT2D eigenvalue weighted by Gasteiger charge is 2.25. The van der Waals surface area contributed by atoms with E-state index in [0.29, 0.717) is 6.04 Å². The van der Waals surface area contributed by atoms with Crippen molar-refractivity contribution in [3.63, 3.8) is 0 Å². The number of benzene rings is 1. The number of hydrogen-bond donors (Lipinski definition) is 1. The van der Waals surface area contributed by atoms with E-state index in [1.165, 1.54) is 19.3 Å². The molecule has 4 nitrogen and oxygen atoms in total. The van der Waals surface area contributed by atoms with Crippen molar-refractivity contribution in [2.24, 2.45) is 0 Å². The SMILES string of the molecule is COc1c(CC2CCCCN2)cc2c(c1Br)OCO2. The van der Waals surface area contributed by atoms with Crippen LogP contribution < -0.4 is 19.5 Å². The zero-order valence-corrected chi connectivity index (χ0v) is 12.6. The second-order valence-corrected chi connectivity index (χ2v) is 5.76. The first-order valence-corrected chi connectivity index (χ1v) is 7.47. The standard InChI is InChI=1S/C14H18BrNO3/c1-17-13-9(6-10-4-2-3-5-16-10)7-11-14(12(13)15)19-8-18-11/h7,10,16H,2-6,8H2,1H3. The highest BCUT2D eigenvalue weighted by molar-refractivity contribution is 9.10. The van der Waals surface area contributed by atoms with Gasteiger partial charge in [0.2, 0.25) is 6.79 Å². The summed E-state index contributed by atoms with van der Waals surface area (Å²) < 4.78 is 17.3. The van der Waals surface area contributed by atoms with Crippen LogP contribution in [0.1, 0.15) is 24.8 Å². The third kappa shape index (κ3) is 2.54. The van der Waals surface area contributed by atoms with E-state index in [-0.39, 0.29) is 6.79 Å². The minimum atomic E-state index is 0.280. The second kappa shape index (κ2) is 5.59. The summed E-state index contributed by atoms with van der Waals surface area (Å²) in [5, 5.41) is 3.56. The summed E-state index contributed by atoms with van der Waals surface area (Å²) in [6.45, 7) is 1.39. The van der Waals surface area contributed by atoms with Crippen LogP contribution >= 0.6 is 15.9 Å². The van der Waals surface area contributed by atoms with Crippen LogP contribution in [0.4, 0.5) is 0 Å². The van der Waals surface area contributed by atoms with E-state index in [9.17, 15) is 0 Å². The average molecular weight is 328 g/mol. The lowest BCUT2D eigenvalue weighted by atomic mass is 9.97. The minimum absolute atomic E-state index is 0.280. The number of nitrogens with one attached hydrogen (secondary N) is 1. The first-order valence-electron chi connectivity index (χ1n) is 6.68. The second-order valence-electron chi connectivity index (χ2n) is 4.97. The predicted octanol–water partition coefficient (Wildman–Crippen LogP) is 2.87. The van der Waals surface area contributed by atoms with Gasteiger partial charge in [-0.3, -0.25) is 0 Å². The maximum atomic E-state index is 5.53. The molecule has 104 valence electrons. The molecule has 2 heterocycles. The topological polar surface area (TPSA) is 39.7 Å². The van der Waals surface area contributed by atoms with E-state index in [1.807, 2.05) is 6.07 Å². The molecule has 2 aliphatic heterocycles. The Morgan fingerprint density at radius 2 is 2.32 bits per heavy atom. The minimum Gasteiger partial charge on any atom is -0.495 e. The van der Waals surface area contributed by atoms with Crippen LogP contribution in [0.15, 0.2) is 10.5 Å². The van der Waals surface area contributed by atoms with Gasteiger partial charge in [0.05, 0.1) is 7.11 Å². The van der Waals surface area contributed by atoms with E-state index in [4.69, 9.17) is 14.2 Å². The van der Waals surface area contributed by atoms with Crippen molar-refractivity contribution < 1.29 is 14.2 Å². The summed E-state index contributed by atoms with van der Waals surface area (Å²) in [7, 11) is 1.69. The number of hydrogen-bond acceptors (Lipinski definition) is 4. The van der Waals surface area contributed by atoms with Crippen LogP contribution in [-0.2, 0) is 6.42 Å². The molecule has 3 rings (SSSR count). The summed E-state index contributed by atoms with van der Waals surface area (Å²) >= 11 is 3.56. The van der Waals surface area contributed by atoms with Crippen molar-refractivity contribution in [2.75, 3.05) is 20.4 Å². The van der Waals surface area contributed by atoms with Gasteiger partial charge in [0, 0.05) is 11.6 Å². The number of rotatable bonds is 3. The summed E-state index contributed by atoms with van der Waals surface area (Å²) in [4.78, 5) is 0. The molecule has 1 fully saturated rings. The van der Waals surface area contributed by atoms with Crippen molar-refractivity contribution in [2.45, 2.75) is 31.7 Å². The molecule has 0 amide bonds. The number of halogens is 1. The fourth-order valence-corrected chi connectivity index (χ4v) is 3.50. The summed E-state index contributed by atoms with van der Waals surface area (Å²) in [5.41, 5.74) is 1.16. The molecule has 1 aromatic rings. The predicted molar refractivity (Wildman–Crippen MR) is 76.2 cm³/mol. The van der Waals surface area contributed by atoms with Crippen molar-refractivity contribution in [3.8, 4) is 17.2 Å². The van der Waals surface area contributed by atoms with Crippen LogP contribution in [0.3, 0.4) is 0 Å². The van der Waals surface area contributed by atoms with Gasteiger partial charge in [-0.05, 0) is 47.8 Å². The maximum Gasteiger partial charge on any atom is 0.231 e. The van der Waals surface area contributed by atoms with E-state index in [1.54, 1.807) is 7.11 Å². The Labute approximate surface area is 121 Å².